The fourth-order valence-corrected chi connectivity index (χ4v) is 3.84. The van der Waals surface area contributed by atoms with Crippen LogP contribution in [0.1, 0.15) is 22.8 Å². The minimum atomic E-state index is -0.639. The zero-order valence-electron chi connectivity index (χ0n) is 19.1. The van der Waals surface area contributed by atoms with Crippen molar-refractivity contribution in [1.29, 1.82) is 5.26 Å². The summed E-state index contributed by atoms with van der Waals surface area (Å²) >= 11 is 15.3. The molecule has 0 aliphatic carbocycles. The monoisotopic (exact) mass is 588 g/mol. The molecule has 0 bridgehead atoms. The van der Waals surface area contributed by atoms with E-state index in [9.17, 15) is 14.9 Å². The van der Waals surface area contributed by atoms with Crippen molar-refractivity contribution in [3.8, 4) is 23.3 Å². The number of carbonyl (C=O) groups is 2. The van der Waals surface area contributed by atoms with Gasteiger partial charge in [0.05, 0.1) is 33.8 Å². The van der Waals surface area contributed by atoms with E-state index in [1.807, 2.05) is 6.07 Å². The molecule has 0 radical (unpaired) electrons. The van der Waals surface area contributed by atoms with Crippen molar-refractivity contribution in [1.82, 2.24) is 0 Å². The van der Waals surface area contributed by atoms with E-state index in [-0.39, 0.29) is 28.7 Å². The Kier molecular flexibility index (Phi) is 9.37. The van der Waals surface area contributed by atoms with Gasteiger partial charge in [-0.15, -0.1) is 0 Å². The summed E-state index contributed by atoms with van der Waals surface area (Å²) in [6, 6.07) is 16.1. The largest absolute Gasteiger partial charge is 0.497 e. The van der Waals surface area contributed by atoms with Gasteiger partial charge in [-0.2, -0.15) is 5.26 Å². The van der Waals surface area contributed by atoms with Crippen molar-refractivity contribution >= 4 is 62.8 Å². The van der Waals surface area contributed by atoms with Gasteiger partial charge in [-0.05, 0) is 89.1 Å². The van der Waals surface area contributed by atoms with Crippen molar-refractivity contribution in [2.45, 2.75) is 6.92 Å². The van der Waals surface area contributed by atoms with Gasteiger partial charge in [0.25, 0.3) is 5.91 Å². The maximum atomic E-state index is 12.7. The number of rotatable bonds is 8. The number of hydrogen-bond donors (Lipinski definition) is 1. The molecule has 0 saturated heterocycles. The summed E-state index contributed by atoms with van der Waals surface area (Å²) in [6.45, 7) is 2.06. The second kappa shape index (κ2) is 12.5. The van der Waals surface area contributed by atoms with Crippen LogP contribution in [-0.4, -0.2) is 25.6 Å². The molecule has 0 saturated carbocycles. The highest BCUT2D eigenvalue weighted by atomic mass is 79.9. The average Bonchev–Trinajstić information content (AvgIpc) is 2.86. The number of amides is 1. The lowest BCUT2D eigenvalue weighted by molar-refractivity contribution is -0.112. The van der Waals surface area contributed by atoms with Gasteiger partial charge in [0.15, 0.2) is 11.5 Å². The first-order valence-corrected chi connectivity index (χ1v) is 12.0. The van der Waals surface area contributed by atoms with Gasteiger partial charge >= 0.3 is 5.97 Å². The van der Waals surface area contributed by atoms with Crippen molar-refractivity contribution in [2.24, 2.45) is 0 Å². The number of nitrogens with one attached hydrogen (secondary N) is 1. The van der Waals surface area contributed by atoms with Crippen LogP contribution in [0.3, 0.4) is 0 Å². The van der Waals surface area contributed by atoms with Gasteiger partial charge in [0.1, 0.15) is 17.4 Å². The Morgan fingerprint density at radius 1 is 1.08 bits per heavy atom. The van der Waals surface area contributed by atoms with Crippen LogP contribution in [0.25, 0.3) is 6.08 Å². The molecule has 0 heterocycles. The van der Waals surface area contributed by atoms with E-state index in [0.29, 0.717) is 32.1 Å². The zero-order chi connectivity index (χ0) is 26.2. The van der Waals surface area contributed by atoms with Crippen molar-refractivity contribution in [3.63, 3.8) is 0 Å². The van der Waals surface area contributed by atoms with Gasteiger partial charge in [-0.25, -0.2) is 4.79 Å². The Bertz CT molecular complexity index is 1370. The van der Waals surface area contributed by atoms with E-state index in [0.717, 1.165) is 0 Å². The second-order valence-corrected chi connectivity index (χ2v) is 8.80. The van der Waals surface area contributed by atoms with Crippen LogP contribution in [0.2, 0.25) is 10.0 Å². The number of hydrogen-bond acceptors (Lipinski definition) is 6. The minimum absolute atomic E-state index is 0.161. The van der Waals surface area contributed by atoms with Crippen molar-refractivity contribution < 1.29 is 23.8 Å². The van der Waals surface area contributed by atoms with Gasteiger partial charge in [-0.3, -0.25) is 4.79 Å². The smallest absolute Gasteiger partial charge is 0.343 e. The molecule has 10 heteroatoms. The molecule has 184 valence electrons. The molecule has 0 atom stereocenters. The van der Waals surface area contributed by atoms with Gasteiger partial charge < -0.3 is 19.5 Å². The molecule has 0 aliphatic rings. The number of halogens is 3. The summed E-state index contributed by atoms with van der Waals surface area (Å²) < 4.78 is 16.7. The molecule has 0 unspecified atom stereocenters. The summed E-state index contributed by atoms with van der Waals surface area (Å²) in [4.78, 5) is 25.3. The number of carbonyl (C=O) groups excluding carboxylic acids is 2. The van der Waals surface area contributed by atoms with Gasteiger partial charge in [0.2, 0.25) is 0 Å². The third-order valence-corrected chi connectivity index (χ3v) is 6.03. The van der Waals surface area contributed by atoms with E-state index >= 15 is 0 Å². The molecule has 3 aromatic carbocycles. The molecule has 1 N–H and O–H groups in total. The molecule has 7 nitrogen and oxygen atoms in total. The summed E-state index contributed by atoms with van der Waals surface area (Å²) in [5.74, 6) is -0.215. The fourth-order valence-electron chi connectivity index (χ4n) is 3.00. The van der Waals surface area contributed by atoms with Gasteiger partial charge in [0, 0.05) is 5.69 Å². The summed E-state index contributed by atoms with van der Waals surface area (Å²) in [5.41, 5.74) is 1.00. The quantitative estimate of drug-likeness (QED) is 0.132. The van der Waals surface area contributed by atoms with E-state index in [1.54, 1.807) is 49.4 Å². The predicted octanol–water partition coefficient (Wildman–Crippen LogP) is 6.93. The van der Waals surface area contributed by atoms with E-state index in [4.69, 9.17) is 37.4 Å². The lowest BCUT2D eigenvalue weighted by atomic mass is 10.1. The van der Waals surface area contributed by atoms with E-state index in [2.05, 4.69) is 21.2 Å². The normalized spacial score (nSPS) is 10.8. The SMILES string of the molecule is CCOc1cc(/C=C(\C#N)C(=O)Nc2ccc(Cl)c(Cl)c2)cc(Br)c1OC(=O)c1ccc(OC)cc1. The standard InChI is InChI=1S/C26H19BrCl2N2O5/c1-3-35-23-12-15(10-17(14-30)25(32)31-18-6-9-21(28)22(29)13-18)11-20(27)24(23)36-26(33)16-4-7-19(34-2)8-5-16/h4-13H,3H2,1-2H3,(H,31,32)/b17-10+. The topological polar surface area (TPSA) is 97.6 Å². The Balaban J connectivity index is 1.87. The number of benzene rings is 3. The number of anilines is 1. The highest BCUT2D eigenvalue weighted by molar-refractivity contribution is 9.10. The fraction of sp³-hybridized carbons (Fsp3) is 0.115. The predicted molar refractivity (Wildman–Crippen MR) is 142 cm³/mol. The Morgan fingerprint density at radius 2 is 1.81 bits per heavy atom. The first kappa shape index (κ1) is 27.1. The Hall–Kier alpha value is -3.51. The molecule has 0 spiro atoms. The number of nitrogens with zero attached hydrogens (tertiary/aromatic N) is 1. The minimum Gasteiger partial charge on any atom is -0.497 e. The van der Waals surface area contributed by atoms with Crippen LogP contribution in [0.4, 0.5) is 5.69 Å². The highest BCUT2D eigenvalue weighted by Crippen LogP contribution is 2.38. The maximum absolute atomic E-state index is 12.7. The first-order valence-electron chi connectivity index (χ1n) is 10.5. The third-order valence-electron chi connectivity index (χ3n) is 4.71. The van der Waals surface area contributed by atoms with Crippen molar-refractivity contribution in [2.75, 3.05) is 19.0 Å². The number of ether oxygens (including phenoxy) is 3. The average molecular weight is 590 g/mol. The van der Waals surface area contributed by atoms with Crippen LogP contribution in [-0.2, 0) is 4.79 Å². The molecular weight excluding hydrogens is 571 g/mol. The Morgan fingerprint density at radius 3 is 2.42 bits per heavy atom. The first-order chi connectivity index (χ1) is 17.2. The molecular formula is C26H19BrCl2N2O5. The van der Waals surface area contributed by atoms with Crippen LogP contribution < -0.4 is 19.5 Å². The molecule has 0 aliphatic heterocycles. The highest BCUT2D eigenvalue weighted by Gasteiger charge is 2.18. The lowest BCUT2D eigenvalue weighted by Gasteiger charge is -2.14. The number of methoxy groups -OCH3 is 1. The van der Waals surface area contributed by atoms with Gasteiger partial charge in [-0.1, -0.05) is 23.2 Å². The lowest BCUT2D eigenvalue weighted by Crippen LogP contribution is -2.13. The number of nitriles is 1. The van der Waals surface area contributed by atoms with E-state index in [1.165, 1.54) is 25.3 Å². The molecule has 3 rings (SSSR count). The second-order valence-electron chi connectivity index (χ2n) is 7.13. The maximum Gasteiger partial charge on any atom is 0.343 e. The van der Waals surface area contributed by atoms with E-state index < -0.39 is 11.9 Å². The Labute approximate surface area is 226 Å². The molecule has 1 amide bonds. The summed E-state index contributed by atoms with van der Waals surface area (Å²) in [7, 11) is 1.53. The van der Waals surface area contributed by atoms with Crippen LogP contribution in [0, 0.1) is 11.3 Å². The molecule has 36 heavy (non-hydrogen) atoms. The molecule has 3 aromatic rings. The number of esters is 1. The zero-order valence-corrected chi connectivity index (χ0v) is 22.2. The van der Waals surface area contributed by atoms with Crippen LogP contribution in [0.5, 0.6) is 17.2 Å². The summed E-state index contributed by atoms with van der Waals surface area (Å²) in [6.07, 6.45) is 1.38. The molecule has 0 aromatic heterocycles. The van der Waals surface area contributed by atoms with Crippen LogP contribution >= 0.6 is 39.1 Å². The third kappa shape index (κ3) is 6.79. The van der Waals surface area contributed by atoms with Crippen molar-refractivity contribution in [3.05, 3.63) is 85.8 Å². The van der Waals surface area contributed by atoms with Crippen LogP contribution in [0.15, 0.2) is 64.6 Å². The molecule has 0 fully saturated rings. The summed E-state index contributed by atoms with van der Waals surface area (Å²) in [5, 5.41) is 12.8.